The summed E-state index contributed by atoms with van der Waals surface area (Å²) in [6, 6.07) is 0. The molecule has 0 aromatic rings. The molecule has 1 atom stereocenters. The van der Waals surface area contributed by atoms with Gasteiger partial charge in [0, 0.05) is 26.1 Å². The normalized spacial score (nSPS) is 34.7. The number of hydrogen-bond acceptors (Lipinski definition) is 3. The highest BCUT2D eigenvalue weighted by molar-refractivity contribution is 5.79. The number of carbonyl (C=O) groups excluding carboxylic acids is 1. The van der Waals surface area contributed by atoms with E-state index < -0.39 is 0 Å². The molecule has 0 aromatic heterocycles. The predicted molar refractivity (Wildman–Crippen MR) is 64.6 cm³/mol. The van der Waals surface area contributed by atoms with Gasteiger partial charge in [-0.15, -0.1) is 0 Å². The van der Waals surface area contributed by atoms with E-state index in [1.54, 1.807) is 7.11 Å². The van der Waals surface area contributed by atoms with Crippen LogP contribution >= 0.6 is 0 Å². The molecule has 0 bridgehead atoms. The summed E-state index contributed by atoms with van der Waals surface area (Å²) in [6.45, 7) is 1.35. The summed E-state index contributed by atoms with van der Waals surface area (Å²) in [5.74, 6) is 0.407. The Hall–Kier alpha value is -0.610. The monoisotopic (exact) mass is 241 g/mol. The van der Waals surface area contributed by atoms with Crippen LogP contribution in [0, 0.1) is 5.92 Å². The minimum absolute atomic E-state index is 0.159. The SMILES string of the molecule is COC1CCC(C(=O)N2CCCC(O)C2)CC1. The fraction of sp³-hybridized carbons (Fsp3) is 0.923. The van der Waals surface area contributed by atoms with E-state index in [4.69, 9.17) is 4.74 Å². The molecule has 0 aromatic carbocycles. The van der Waals surface area contributed by atoms with Crippen LogP contribution in [0.15, 0.2) is 0 Å². The molecule has 1 aliphatic heterocycles. The van der Waals surface area contributed by atoms with Gasteiger partial charge >= 0.3 is 0 Å². The van der Waals surface area contributed by atoms with Crippen molar-refractivity contribution < 1.29 is 14.6 Å². The maximum Gasteiger partial charge on any atom is 0.225 e. The molecule has 17 heavy (non-hydrogen) atoms. The second-order valence-electron chi connectivity index (χ2n) is 5.29. The molecular formula is C13H23NO3. The molecule has 1 aliphatic carbocycles. The Kier molecular flexibility index (Phi) is 4.40. The lowest BCUT2D eigenvalue weighted by molar-refractivity contribution is -0.140. The lowest BCUT2D eigenvalue weighted by atomic mass is 9.86. The first-order valence-corrected chi connectivity index (χ1v) is 6.70. The summed E-state index contributed by atoms with van der Waals surface area (Å²) in [7, 11) is 1.74. The van der Waals surface area contributed by atoms with Crippen molar-refractivity contribution in [1.82, 2.24) is 4.90 Å². The number of ether oxygens (including phenoxy) is 1. The Morgan fingerprint density at radius 3 is 2.53 bits per heavy atom. The maximum atomic E-state index is 12.3. The van der Waals surface area contributed by atoms with Gasteiger partial charge in [0.15, 0.2) is 0 Å². The lowest BCUT2D eigenvalue weighted by Gasteiger charge is -2.35. The van der Waals surface area contributed by atoms with E-state index in [0.29, 0.717) is 12.6 Å². The molecule has 4 heteroatoms. The summed E-state index contributed by atoms with van der Waals surface area (Å²) >= 11 is 0. The number of carbonyl (C=O) groups is 1. The van der Waals surface area contributed by atoms with Crippen molar-refractivity contribution in [3.8, 4) is 0 Å². The third-order valence-electron chi connectivity index (χ3n) is 4.06. The Balaban J connectivity index is 1.83. The average molecular weight is 241 g/mol. The van der Waals surface area contributed by atoms with Crippen LogP contribution in [0.25, 0.3) is 0 Å². The van der Waals surface area contributed by atoms with E-state index in [1.807, 2.05) is 4.90 Å². The summed E-state index contributed by atoms with van der Waals surface area (Å²) in [5, 5.41) is 9.59. The third-order valence-corrected chi connectivity index (χ3v) is 4.06. The minimum atomic E-state index is -0.317. The molecule has 0 spiro atoms. The molecule has 2 aliphatic rings. The first-order chi connectivity index (χ1) is 8.20. The number of aliphatic hydroxyl groups is 1. The molecule has 1 saturated carbocycles. The highest BCUT2D eigenvalue weighted by Gasteiger charge is 2.31. The zero-order valence-electron chi connectivity index (χ0n) is 10.6. The van der Waals surface area contributed by atoms with Gasteiger partial charge in [-0.25, -0.2) is 0 Å². The average Bonchev–Trinajstić information content (AvgIpc) is 2.38. The summed E-state index contributed by atoms with van der Waals surface area (Å²) in [5.41, 5.74) is 0. The highest BCUT2D eigenvalue weighted by Crippen LogP contribution is 2.28. The number of β-amino-alcohol motifs (C(OH)–C–C–N with tert-alkyl or cyclic N) is 1. The number of aliphatic hydroxyl groups excluding tert-OH is 1. The number of nitrogens with zero attached hydrogens (tertiary/aromatic N) is 1. The number of likely N-dealkylation sites (tertiary alicyclic amines) is 1. The Morgan fingerprint density at radius 2 is 1.94 bits per heavy atom. The molecule has 1 N–H and O–H groups in total. The first-order valence-electron chi connectivity index (χ1n) is 6.70. The van der Waals surface area contributed by atoms with Crippen LogP contribution in [0.5, 0.6) is 0 Å². The molecule has 2 fully saturated rings. The number of amides is 1. The predicted octanol–water partition coefficient (Wildman–Crippen LogP) is 1.17. The standard InChI is InChI=1S/C13H23NO3/c1-17-12-6-4-10(5-7-12)13(16)14-8-2-3-11(15)9-14/h10-12,15H,2-9H2,1H3. The number of rotatable bonds is 2. The third kappa shape index (κ3) is 3.19. The van der Waals surface area contributed by atoms with Gasteiger partial charge in [0.2, 0.25) is 5.91 Å². The van der Waals surface area contributed by atoms with Gasteiger partial charge in [-0.05, 0) is 38.5 Å². The number of methoxy groups -OCH3 is 1. The van der Waals surface area contributed by atoms with E-state index >= 15 is 0 Å². The van der Waals surface area contributed by atoms with Crippen LogP contribution in [-0.2, 0) is 9.53 Å². The molecule has 98 valence electrons. The van der Waals surface area contributed by atoms with Gasteiger partial charge in [0.05, 0.1) is 12.2 Å². The van der Waals surface area contributed by atoms with Crippen molar-refractivity contribution in [2.45, 2.75) is 50.7 Å². The molecule has 4 nitrogen and oxygen atoms in total. The van der Waals surface area contributed by atoms with Crippen molar-refractivity contribution in [3.05, 3.63) is 0 Å². The van der Waals surface area contributed by atoms with Crippen LogP contribution in [-0.4, -0.2) is 48.3 Å². The summed E-state index contributed by atoms with van der Waals surface area (Å²) in [6.07, 6.45) is 5.63. The number of piperidine rings is 1. The second-order valence-corrected chi connectivity index (χ2v) is 5.29. The molecule has 0 radical (unpaired) electrons. The van der Waals surface area contributed by atoms with E-state index in [-0.39, 0.29) is 17.9 Å². The van der Waals surface area contributed by atoms with E-state index in [1.165, 1.54) is 0 Å². The Labute approximate surface area is 103 Å². The smallest absolute Gasteiger partial charge is 0.225 e. The maximum absolute atomic E-state index is 12.3. The molecule has 1 unspecified atom stereocenters. The van der Waals surface area contributed by atoms with Crippen molar-refractivity contribution in [2.24, 2.45) is 5.92 Å². The largest absolute Gasteiger partial charge is 0.391 e. The number of hydrogen-bond donors (Lipinski definition) is 1. The molecule has 1 heterocycles. The van der Waals surface area contributed by atoms with Crippen LogP contribution < -0.4 is 0 Å². The van der Waals surface area contributed by atoms with E-state index in [0.717, 1.165) is 45.1 Å². The summed E-state index contributed by atoms with van der Waals surface area (Å²) < 4.78 is 5.32. The zero-order chi connectivity index (χ0) is 12.3. The van der Waals surface area contributed by atoms with Crippen molar-refractivity contribution >= 4 is 5.91 Å². The van der Waals surface area contributed by atoms with Crippen LogP contribution in [0.2, 0.25) is 0 Å². The quantitative estimate of drug-likeness (QED) is 0.789. The van der Waals surface area contributed by atoms with Crippen LogP contribution in [0.4, 0.5) is 0 Å². The van der Waals surface area contributed by atoms with Gasteiger partial charge in [-0.1, -0.05) is 0 Å². The highest BCUT2D eigenvalue weighted by atomic mass is 16.5. The Morgan fingerprint density at radius 1 is 1.24 bits per heavy atom. The van der Waals surface area contributed by atoms with Crippen LogP contribution in [0.1, 0.15) is 38.5 Å². The van der Waals surface area contributed by atoms with Gasteiger partial charge < -0.3 is 14.7 Å². The van der Waals surface area contributed by atoms with Crippen molar-refractivity contribution in [3.63, 3.8) is 0 Å². The second kappa shape index (κ2) is 5.83. The van der Waals surface area contributed by atoms with Gasteiger partial charge in [-0.2, -0.15) is 0 Å². The topological polar surface area (TPSA) is 49.8 Å². The van der Waals surface area contributed by atoms with Crippen molar-refractivity contribution in [1.29, 1.82) is 0 Å². The minimum Gasteiger partial charge on any atom is -0.391 e. The molecule has 1 amide bonds. The molecule has 1 saturated heterocycles. The van der Waals surface area contributed by atoms with E-state index in [2.05, 4.69) is 0 Å². The Bertz CT molecular complexity index is 261. The van der Waals surface area contributed by atoms with Gasteiger partial charge in [0.25, 0.3) is 0 Å². The lowest BCUT2D eigenvalue weighted by Crippen LogP contribution is -2.45. The summed E-state index contributed by atoms with van der Waals surface area (Å²) in [4.78, 5) is 14.1. The van der Waals surface area contributed by atoms with Crippen molar-refractivity contribution in [2.75, 3.05) is 20.2 Å². The van der Waals surface area contributed by atoms with Gasteiger partial charge in [-0.3, -0.25) is 4.79 Å². The fourth-order valence-electron chi connectivity index (χ4n) is 2.96. The fourth-order valence-corrected chi connectivity index (χ4v) is 2.96. The molecule has 2 rings (SSSR count). The molecular weight excluding hydrogens is 218 g/mol. The van der Waals surface area contributed by atoms with Crippen LogP contribution in [0.3, 0.4) is 0 Å². The van der Waals surface area contributed by atoms with Gasteiger partial charge in [0.1, 0.15) is 0 Å². The van der Waals surface area contributed by atoms with E-state index in [9.17, 15) is 9.90 Å². The first kappa shape index (κ1) is 12.8. The zero-order valence-corrected chi connectivity index (χ0v) is 10.6.